The summed E-state index contributed by atoms with van der Waals surface area (Å²) in [6.45, 7) is 3.04. The molecule has 7 heteroatoms. The molecule has 3 fully saturated rings. The molecule has 6 nitrogen and oxygen atoms in total. The van der Waals surface area contributed by atoms with Crippen LogP contribution in [0.15, 0.2) is 47.6 Å². The van der Waals surface area contributed by atoms with Crippen molar-refractivity contribution < 1.29 is 0 Å². The van der Waals surface area contributed by atoms with E-state index in [9.17, 15) is 0 Å². The second kappa shape index (κ2) is 6.00. The van der Waals surface area contributed by atoms with Crippen molar-refractivity contribution in [3.63, 3.8) is 0 Å². The Morgan fingerprint density at radius 1 is 1.12 bits per heavy atom. The van der Waals surface area contributed by atoms with Crippen molar-refractivity contribution in [3.8, 4) is 0 Å². The largest absolute Gasteiger partial charge is 0.347 e. The first-order valence-corrected chi connectivity index (χ1v) is 9.23. The summed E-state index contributed by atoms with van der Waals surface area (Å²) in [5.41, 5.74) is 2.02. The van der Waals surface area contributed by atoms with Gasteiger partial charge in [0.05, 0.1) is 5.39 Å². The van der Waals surface area contributed by atoms with Gasteiger partial charge in [0.25, 0.3) is 0 Å². The van der Waals surface area contributed by atoms with Gasteiger partial charge in [-0.05, 0) is 46.1 Å². The molecule has 3 saturated heterocycles. The quantitative estimate of drug-likeness (QED) is 0.678. The predicted octanol–water partition coefficient (Wildman–Crippen LogP) is 2.65. The maximum atomic E-state index is 4.57. The van der Waals surface area contributed by atoms with Crippen molar-refractivity contribution in [2.45, 2.75) is 25.0 Å². The molecule has 3 aliphatic heterocycles. The lowest BCUT2D eigenvalue weighted by Crippen LogP contribution is -2.69. The fourth-order valence-corrected chi connectivity index (χ4v) is 4.47. The number of piperazine rings is 1. The Balaban J connectivity index is 1.36. The van der Waals surface area contributed by atoms with Crippen LogP contribution in [0.25, 0.3) is 11.0 Å². The summed E-state index contributed by atoms with van der Waals surface area (Å²) in [6.07, 6.45) is 8.42. The van der Waals surface area contributed by atoms with Gasteiger partial charge in [-0.2, -0.15) is 0 Å². The monoisotopic (exact) mass is 396 g/mol. The molecule has 25 heavy (non-hydrogen) atoms. The lowest BCUT2D eigenvalue weighted by Gasteiger charge is -2.57. The number of piperidine rings is 1. The van der Waals surface area contributed by atoms with Crippen molar-refractivity contribution in [1.82, 2.24) is 24.8 Å². The van der Waals surface area contributed by atoms with Crippen molar-refractivity contribution in [1.29, 1.82) is 0 Å². The minimum atomic E-state index is 0.511. The number of rotatable bonds is 3. The van der Waals surface area contributed by atoms with Gasteiger partial charge in [-0.15, -0.1) is 0 Å². The number of fused-ring (bicyclic) bond motifs is 3. The van der Waals surface area contributed by atoms with Crippen LogP contribution in [0.4, 0.5) is 5.82 Å². The highest BCUT2D eigenvalue weighted by Gasteiger charge is 2.45. The second-order valence-corrected chi connectivity index (χ2v) is 7.64. The van der Waals surface area contributed by atoms with E-state index in [0.717, 1.165) is 41.0 Å². The summed E-state index contributed by atoms with van der Waals surface area (Å²) >= 11 is 3.50. The fraction of sp³-hybridized carbons (Fsp3) is 0.333. The van der Waals surface area contributed by atoms with E-state index >= 15 is 0 Å². The minimum Gasteiger partial charge on any atom is -0.347 e. The van der Waals surface area contributed by atoms with Crippen LogP contribution in [0, 0.1) is 0 Å². The lowest BCUT2D eigenvalue weighted by atomic mass is 9.87. The van der Waals surface area contributed by atoms with E-state index in [1.807, 2.05) is 18.5 Å². The number of hydrogen-bond donors (Lipinski definition) is 0. The Morgan fingerprint density at radius 2 is 2.00 bits per heavy atom. The summed E-state index contributed by atoms with van der Waals surface area (Å²) < 4.78 is 1.04. The molecule has 0 saturated carbocycles. The zero-order valence-corrected chi connectivity index (χ0v) is 15.2. The molecule has 0 amide bonds. The molecule has 3 aromatic heterocycles. The molecule has 2 unspecified atom stereocenters. The number of hydrogen-bond acceptors (Lipinski definition) is 6. The highest BCUT2D eigenvalue weighted by Crippen LogP contribution is 2.38. The van der Waals surface area contributed by atoms with E-state index in [1.54, 1.807) is 12.5 Å². The third-order valence-corrected chi connectivity index (χ3v) is 5.50. The average molecular weight is 397 g/mol. The Bertz CT molecular complexity index is 915. The van der Waals surface area contributed by atoms with Crippen LogP contribution in [0.5, 0.6) is 0 Å². The number of aromatic nitrogens is 4. The maximum absolute atomic E-state index is 4.57. The van der Waals surface area contributed by atoms with Crippen LogP contribution in [0.3, 0.4) is 0 Å². The van der Waals surface area contributed by atoms with E-state index in [4.69, 9.17) is 0 Å². The molecule has 3 aliphatic rings. The van der Waals surface area contributed by atoms with Crippen LogP contribution in [-0.4, -0.2) is 50.0 Å². The van der Waals surface area contributed by atoms with Crippen molar-refractivity contribution in [3.05, 3.63) is 53.2 Å². The molecule has 0 aliphatic carbocycles. The molecule has 0 spiro atoms. The summed E-state index contributed by atoms with van der Waals surface area (Å²) in [4.78, 5) is 22.5. The van der Waals surface area contributed by atoms with E-state index < -0.39 is 0 Å². The van der Waals surface area contributed by atoms with Gasteiger partial charge in [0.15, 0.2) is 5.65 Å². The van der Waals surface area contributed by atoms with Crippen LogP contribution < -0.4 is 4.90 Å². The van der Waals surface area contributed by atoms with Crippen molar-refractivity contribution >= 4 is 32.8 Å². The summed E-state index contributed by atoms with van der Waals surface area (Å²) in [6, 6.07) is 7.19. The molecule has 0 N–H and O–H groups in total. The Hall–Kier alpha value is -2.12. The molecule has 3 aromatic rings. The van der Waals surface area contributed by atoms with Gasteiger partial charge in [-0.3, -0.25) is 9.88 Å². The first-order chi connectivity index (χ1) is 12.3. The molecule has 2 bridgehead atoms. The van der Waals surface area contributed by atoms with Crippen molar-refractivity contribution in [2.75, 3.05) is 18.0 Å². The van der Waals surface area contributed by atoms with E-state index in [-0.39, 0.29) is 0 Å². The van der Waals surface area contributed by atoms with Gasteiger partial charge in [0.2, 0.25) is 0 Å². The van der Waals surface area contributed by atoms with Crippen LogP contribution >= 0.6 is 15.9 Å². The second-order valence-electron chi connectivity index (χ2n) is 6.73. The van der Waals surface area contributed by atoms with Crippen molar-refractivity contribution in [2.24, 2.45) is 0 Å². The first-order valence-electron chi connectivity index (χ1n) is 8.44. The Kier molecular flexibility index (Phi) is 3.64. The molecule has 6 heterocycles. The van der Waals surface area contributed by atoms with E-state index in [1.165, 1.54) is 12.0 Å². The molecule has 0 radical (unpaired) electrons. The highest BCUT2D eigenvalue weighted by atomic mass is 79.9. The molecule has 126 valence electrons. The SMILES string of the molecule is Brc1cncc(CN2CC3CC(C2)N3c2ncnc3ncccc23)c1. The van der Waals surface area contributed by atoms with Crippen LogP contribution in [0.1, 0.15) is 12.0 Å². The molecular weight excluding hydrogens is 380 g/mol. The molecule has 2 atom stereocenters. The number of nitrogens with zero attached hydrogens (tertiary/aromatic N) is 6. The lowest BCUT2D eigenvalue weighted by molar-refractivity contribution is 0.108. The third-order valence-electron chi connectivity index (χ3n) is 5.07. The third kappa shape index (κ3) is 2.67. The first kappa shape index (κ1) is 15.2. The molecule has 0 aromatic carbocycles. The Morgan fingerprint density at radius 3 is 2.84 bits per heavy atom. The predicted molar refractivity (Wildman–Crippen MR) is 99.2 cm³/mol. The zero-order valence-electron chi connectivity index (χ0n) is 13.6. The number of anilines is 1. The number of pyridine rings is 2. The van der Waals surface area contributed by atoms with Gasteiger partial charge < -0.3 is 4.90 Å². The average Bonchev–Trinajstić information content (AvgIpc) is 2.62. The van der Waals surface area contributed by atoms with Gasteiger partial charge in [-0.25, -0.2) is 15.0 Å². The Labute approximate surface area is 154 Å². The standard InChI is InChI=1S/C18H17BrN6/c19-13-4-12(6-20-7-13)8-24-9-14-5-15(10-24)25(14)18-16-2-1-3-21-17(16)22-11-23-18/h1-4,6-7,11,14-15H,5,8-10H2. The molecular formula is C18H17BrN6. The highest BCUT2D eigenvalue weighted by molar-refractivity contribution is 9.10. The maximum Gasteiger partial charge on any atom is 0.164 e. The fourth-order valence-electron chi connectivity index (χ4n) is 4.06. The van der Waals surface area contributed by atoms with E-state index in [2.05, 4.69) is 57.8 Å². The minimum absolute atomic E-state index is 0.511. The van der Waals surface area contributed by atoms with Crippen LogP contribution in [0.2, 0.25) is 0 Å². The normalized spacial score (nSPS) is 22.8. The topological polar surface area (TPSA) is 58.0 Å². The van der Waals surface area contributed by atoms with Gasteiger partial charge in [0.1, 0.15) is 12.1 Å². The van der Waals surface area contributed by atoms with Gasteiger partial charge >= 0.3 is 0 Å². The molecule has 6 rings (SSSR count). The van der Waals surface area contributed by atoms with Gasteiger partial charge in [0, 0.05) is 54.8 Å². The summed E-state index contributed by atoms with van der Waals surface area (Å²) in [7, 11) is 0. The number of halogens is 1. The smallest absolute Gasteiger partial charge is 0.164 e. The van der Waals surface area contributed by atoms with Crippen LogP contribution in [-0.2, 0) is 6.54 Å². The zero-order chi connectivity index (χ0) is 16.8. The van der Waals surface area contributed by atoms with Gasteiger partial charge in [-0.1, -0.05) is 0 Å². The summed E-state index contributed by atoms with van der Waals surface area (Å²) in [5, 5.41) is 1.05. The summed E-state index contributed by atoms with van der Waals surface area (Å²) in [5.74, 6) is 1.03. The van der Waals surface area contributed by atoms with E-state index in [0.29, 0.717) is 12.1 Å².